The first-order valence-corrected chi connectivity index (χ1v) is 6.91. The van der Waals surface area contributed by atoms with Crippen molar-refractivity contribution in [3.8, 4) is 0 Å². The molecule has 0 bridgehead atoms. The molecule has 0 unspecified atom stereocenters. The molecule has 1 aromatic carbocycles. The standard InChI is InChI=1S/C16H22N2O/c1-4-5-9-17(3)16(19)12-18-10-8-14-11-13(2)6-7-15(14)18/h6-8,10-11H,4-5,9,12H2,1-3H3. The van der Waals surface area contributed by atoms with Crippen molar-refractivity contribution in [2.75, 3.05) is 13.6 Å². The maximum Gasteiger partial charge on any atom is 0.242 e. The number of benzene rings is 1. The van der Waals surface area contributed by atoms with Crippen molar-refractivity contribution >= 4 is 16.8 Å². The Bertz CT molecular complexity index is 571. The summed E-state index contributed by atoms with van der Waals surface area (Å²) in [5.74, 6) is 0.173. The van der Waals surface area contributed by atoms with E-state index >= 15 is 0 Å². The number of carbonyl (C=O) groups is 1. The molecule has 1 heterocycles. The first-order chi connectivity index (χ1) is 9.11. The lowest BCUT2D eigenvalue weighted by Crippen LogP contribution is -2.30. The Morgan fingerprint density at radius 2 is 2.11 bits per heavy atom. The van der Waals surface area contributed by atoms with Crippen molar-refractivity contribution in [2.24, 2.45) is 0 Å². The molecule has 1 amide bonds. The molecule has 0 fully saturated rings. The van der Waals surface area contributed by atoms with E-state index in [1.54, 1.807) is 0 Å². The Labute approximate surface area is 114 Å². The van der Waals surface area contributed by atoms with Crippen LogP contribution in [0.25, 0.3) is 10.9 Å². The Morgan fingerprint density at radius 3 is 2.84 bits per heavy atom. The minimum absolute atomic E-state index is 0.173. The Balaban J connectivity index is 2.11. The van der Waals surface area contributed by atoms with Crippen molar-refractivity contribution in [1.82, 2.24) is 9.47 Å². The molecule has 3 heteroatoms. The van der Waals surface area contributed by atoms with Crippen LogP contribution >= 0.6 is 0 Å². The number of rotatable bonds is 5. The number of hydrogen-bond donors (Lipinski definition) is 0. The fourth-order valence-corrected chi connectivity index (χ4v) is 2.24. The zero-order valence-electron chi connectivity index (χ0n) is 12.0. The van der Waals surface area contributed by atoms with Gasteiger partial charge in [-0.25, -0.2) is 0 Å². The predicted molar refractivity (Wildman–Crippen MR) is 79.2 cm³/mol. The first kappa shape index (κ1) is 13.7. The average Bonchev–Trinajstić information content (AvgIpc) is 2.78. The summed E-state index contributed by atoms with van der Waals surface area (Å²) in [6.45, 7) is 5.49. The van der Waals surface area contributed by atoms with E-state index in [0.717, 1.165) is 24.9 Å². The molecule has 0 saturated heterocycles. The predicted octanol–water partition coefficient (Wildman–Crippen LogP) is 3.21. The number of unbranched alkanes of at least 4 members (excludes halogenated alkanes) is 1. The van der Waals surface area contributed by atoms with Gasteiger partial charge in [-0.05, 0) is 36.9 Å². The summed E-state index contributed by atoms with van der Waals surface area (Å²) in [5, 5.41) is 1.20. The highest BCUT2D eigenvalue weighted by Gasteiger charge is 2.10. The third-order valence-corrected chi connectivity index (χ3v) is 3.50. The largest absolute Gasteiger partial charge is 0.344 e. The molecule has 0 aliphatic heterocycles. The molecule has 19 heavy (non-hydrogen) atoms. The zero-order chi connectivity index (χ0) is 13.8. The minimum Gasteiger partial charge on any atom is -0.344 e. The van der Waals surface area contributed by atoms with Crippen molar-refractivity contribution in [3.63, 3.8) is 0 Å². The molecule has 102 valence electrons. The van der Waals surface area contributed by atoms with E-state index in [2.05, 4.69) is 38.1 Å². The van der Waals surface area contributed by atoms with Gasteiger partial charge in [0.25, 0.3) is 0 Å². The van der Waals surface area contributed by atoms with Gasteiger partial charge in [-0.15, -0.1) is 0 Å². The molecule has 0 atom stereocenters. The van der Waals surface area contributed by atoms with Crippen LogP contribution in [0.3, 0.4) is 0 Å². The summed E-state index contributed by atoms with van der Waals surface area (Å²) in [4.78, 5) is 14.0. The maximum absolute atomic E-state index is 12.1. The monoisotopic (exact) mass is 258 g/mol. The fourth-order valence-electron chi connectivity index (χ4n) is 2.24. The van der Waals surface area contributed by atoms with Gasteiger partial charge in [0, 0.05) is 25.3 Å². The Kier molecular flexibility index (Phi) is 4.25. The fraction of sp³-hybridized carbons (Fsp3) is 0.438. The lowest BCUT2D eigenvalue weighted by atomic mass is 10.2. The SMILES string of the molecule is CCCCN(C)C(=O)Cn1ccc2cc(C)ccc21. The van der Waals surface area contributed by atoms with E-state index in [4.69, 9.17) is 0 Å². The van der Waals surface area contributed by atoms with Gasteiger partial charge >= 0.3 is 0 Å². The number of fused-ring (bicyclic) bond motifs is 1. The molecular weight excluding hydrogens is 236 g/mol. The normalized spacial score (nSPS) is 10.9. The van der Waals surface area contributed by atoms with Gasteiger partial charge in [0.15, 0.2) is 0 Å². The van der Waals surface area contributed by atoms with Crippen LogP contribution in [0.2, 0.25) is 0 Å². The van der Waals surface area contributed by atoms with Gasteiger partial charge < -0.3 is 9.47 Å². The summed E-state index contributed by atoms with van der Waals surface area (Å²) >= 11 is 0. The third-order valence-electron chi connectivity index (χ3n) is 3.50. The molecular formula is C16H22N2O. The number of aromatic nitrogens is 1. The maximum atomic E-state index is 12.1. The molecule has 3 nitrogen and oxygen atoms in total. The van der Waals surface area contributed by atoms with Gasteiger partial charge in [0.05, 0.1) is 0 Å². The highest BCUT2D eigenvalue weighted by molar-refractivity contribution is 5.83. The third kappa shape index (κ3) is 3.16. The van der Waals surface area contributed by atoms with Crippen molar-refractivity contribution in [1.29, 1.82) is 0 Å². The van der Waals surface area contributed by atoms with E-state index in [0.29, 0.717) is 6.54 Å². The van der Waals surface area contributed by atoms with Gasteiger partial charge in [-0.1, -0.05) is 25.0 Å². The van der Waals surface area contributed by atoms with Gasteiger partial charge in [0.1, 0.15) is 6.54 Å². The number of likely N-dealkylation sites (N-methyl/N-ethyl adjacent to an activating group) is 1. The second-order valence-electron chi connectivity index (χ2n) is 5.17. The summed E-state index contributed by atoms with van der Waals surface area (Å²) in [6, 6.07) is 8.40. The Morgan fingerprint density at radius 1 is 1.32 bits per heavy atom. The van der Waals surface area contributed by atoms with Crippen LogP contribution < -0.4 is 0 Å². The summed E-state index contributed by atoms with van der Waals surface area (Å²) in [7, 11) is 1.88. The quantitative estimate of drug-likeness (QED) is 0.808. The highest BCUT2D eigenvalue weighted by atomic mass is 16.2. The van der Waals surface area contributed by atoms with Crippen molar-refractivity contribution in [3.05, 3.63) is 36.0 Å². The van der Waals surface area contributed by atoms with E-state index in [9.17, 15) is 4.79 Å². The summed E-state index contributed by atoms with van der Waals surface area (Å²) < 4.78 is 2.03. The summed E-state index contributed by atoms with van der Waals surface area (Å²) in [5.41, 5.74) is 2.37. The van der Waals surface area contributed by atoms with E-state index < -0.39 is 0 Å². The molecule has 0 aliphatic rings. The molecule has 0 aliphatic carbocycles. The first-order valence-electron chi connectivity index (χ1n) is 6.91. The molecule has 0 saturated carbocycles. The van der Waals surface area contributed by atoms with Crippen LogP contribution in [-0.4, -0.2) is 29.0 Å². The Hall–Kier alpha value is -1.77. The van der Waals surface area contributed by atoms with Gasteiger partial charge in [-0.3, -0.25) is 4.79 Å². The van der Waals surface area contributed by atoms with Crippen LogP contribution in [-0.2, 0) is 11.3 Å². The highest BCUT2D eigenvalue weighted by Crippen LogP contribution is 2.17. The van der Waals surface area contributed by atoms with Crippen LogP contribution in [0.1, 0.15) is 25.3 Å². The molecule has 2 rings (SSSR count). The summed E-state index contributed by atoms with van der Waals surface area (Å²) in [6.07, 6.45) is 4.17. The number of nitrogens with zero attached hydrogens (tertiary/aromatic N) is 2. The van der Waals surface area contributed by atoms with Crippen LogP contribution in [0.5, 0.6) is 0 Å². The molecule has 0 spiro atoms. The molecule has 1 aromatic heterocycles. The number of hydrogen-bond acceptors (Lipinski definition) is 1. The van der Waals surface area contributed by atoms with E-state index in [-0.39, 0.29) is 5.91 Å². The van der Waals surface area contributed by atoms with Crippen LogP contribution in [0, 0.1) is 6.92 Å². The van der Waals surface area contributed by atoms with Gasteiger partial charge in [-0.2, -0.15) is 0 Å². The molecule has 0 radical (unpaired) electrons. The van der Waals surface area contributed by atoms with Crippen molar-refractivity contribution in [2.45, 2.75) is 33.2 Å². The number of carbonyl (C=O) groups excluding carboxylic acids is 1. The number of amides is 1. The zero-order valence-corrected chi connectivity index (χ0v) is 12.0. The lowest BCUT2D eigenvalue weighted by molar-refractivity contribution is -0.130. The second-order valence-corrected chi connectivity index (χ2v) is 5.17. The van der Waals surface area contributed by atoms with E-state index in [1.165, 1.54) is 10.9 Å². The van der Waals surface area contributed by atoms with Crippen LogP contribution in [0.15, 0.2) is 30.5 Å². The van der Waals surface area contributed by atoms with E-state index in [1.807, 2.05) is 22.7 Å². The minimum atomic E-state index is 0.173. The number of aryl methyl sites for hydroxylation is 1. The average molecular weight is 258 g/mol. The second kappa shape index (κ2) is 5.91. The smallest absolute Gasteiger partial charge is 0.242 e. The molecule has 2 aromatic rings. The van der Waals surface area contributed by atoms with Crippen LogP contribution in [0.4, 0.5) is 0 Å². The van der Waals surface area contributed by atoms with Gasteiger partial charge in [0.2, 0.25) is 5.91 Å². The van der Waals surface area contributed by atoms with Crippen molar-refractivity contribution < 1.29 is 4.79 Å². The molecule has 0 N–H and O–H groups in total. The topological polar surface area (TPSA) is 25.2 Å². The lowest BCUT2D eigenvalue weighted by Gasteiger charge is -2.17.